The van der Waals surface area contributed by atoms with E-state index in [4.69, 9.17) is 8.85 Å². The zero-order chi connectivity index (χ0) is 24.5. The SMILES string of the molecule is CCO[Si](CC)(CC(CCN(CC)CC)(CCN(CC)CC)CCN(CC)CC)OCC. The van der Waals surface area contributed by atoms with Crippen molar-refractivity contribution < 1.29 is 8.85 Å². The van der Waals surface area contributed by atoms with Gasteiger partial charge in [0.2, 0.25) is 0 Å². The summed E-state index contributed by atoms with van der Waals surface area (Å²) in [6, 6.07) is 2.17. The quantitative estimate of drug-likeness (QED) is 0.188. The molecule has 0 saturated heterocycles. The summed E-state index contributed by atoms with van der Waals surface area (Å²) in [4.78, 5) is 7.79. The van der Waals surface area contributed by atoms with Crippen molar-refractivity contribution in [2.24, 2.45) is 5.41 Å². The van der Waals surface area contributed by atoms with Gasteiger partial charge in [-0.15, -0.1) is 0 Å². The highest BCUT2D eigenvalue weighted by atomic mass is 28.4. The first-order valence-corrected chi connectivity index (χ1v) is 16.0. The molecule has 0 radical (unpaired) electrons. The molecular weight excluding hydrogens is 414 g/mol. The van der Waals surface area contributed by atoms with E-state index in [-0.39, 0.29) is 5.41 Å². The van der Waals surface area contributed by atoms with Gasteiger partial charge in [0.1, 0.15) is 0 Å². The average Bonchev–Trinajstić information content (AvgIpc) is 2.81. The average molecular weight is 474 g/mol. The molecule has 0 aromatic heterocycles. The van der Waals surface area contributed by atoms with Gasteiger partial charge in [-0.05, 0) is 110 Å². The minimum Gasteiger partial charge on any atom is -0.394 e. The highest BCUT2D eigenvalue weighted by Crippen LogP contribution is 2.42. The molecule has 0 rings (SSSR count). The molecule has 0 fully saturated rings. The topological polar surface area (TPSA) is 28.2 Å². The Morgan fingerprint density at radius 2 is 0.844 bits per heavy atom. The van der Waals surface area contributed by atoms with Crippen molar-refractivity contribution in [1.29, 1.82) is 0 Å². The van der Waals surface area contributed by atoms with Crippen LogP contribution in [0.2, 0.25) is 12.1 Å². The lowest BCUT2D eigenvalue weighted by Gasteiger charge is -2.43. The normalized spacial score (nSPS) is 13.1. The molecule has 5 nitrogen and oxygen atoms in total. The Hall–Kier alpha value is 0.0169. The molecule has 0 aliphatic heterocycles. The predicted octanol–water partition coefficient (Wildman–Crippen LogP) is 5.70. The summed E-state index contributed by atoms with van der Waals surface area (Å²) >= 11 is 0. The van der Waals surface area contributed by atoms with Crippen molar-refractivity contribution in [3.63, 3.8) is 0 Å². The lowest BCUT2D eigenvalue weighted by Crippen LogP contribution is -2.49. The molecule has 0 saturated carbocycles. The zero-order valence-corrected chi connectivity index (χ0v) is 24.5. The second-order valence-electron chi connectivity index (χ2n) is 9.14. The molecule has 0 N–H and O–H groups in total. The standard InChI is InChI=1S/C26H59N3O2Si/c1-10-27(11-2)22-19-26(20-23-28(12-3)13-4,21-24-29(14-5)15-6)25-32(18-9,30-16-7)31-17-8/h10-25H2,1-9H3. The van der Waals surface area contributed by atoms with Crippen LogP contribution in [0, 0.1) is 5.41 Å². The van der Waals surface area contributed by atoms with Crippen molar-refractivity contribution in [1.82, 2.24) is 14.7 Å². The minimum atomic E-state index is -2.24. The summed E-state index contributed by atoms with van der Waals surface area (Å²) in [5, 5.41) is 0. The maximum atomic E-state index is 6.53. The zero-order valence-electron chi connectivity index (χ0n) is 23.5. The highest BCUT2D eigenvalue weighted by molar-refractivity contribution is 6.67. The van der Waals surface area contributed by atoms with E-state index in [9.17, 15) is 0 Å². The van der Waals surface area contributed by atoms with E-state index >= 15 is 0 Å². The molecule has 0 aromatic carbocycles. The summed E-state index contributed by atoms with van der Waals surface area (Å²) < 4.78 is 13.1. The van der Waals surface area contributed by atoms with Crippen LogP contribution in [0.4, 0.5) is 0 Å². The van der Waals surface area contributed by atoms with E-state index in [1.54, 1.807) is 0 Å². The molecule has 0 spiro atoms. The first-order chi connectivity index (χ1) is 15.4. The molecule has 0 bridgehead atoms. The summed E-state index contributed by atoms with van der Waals surface area (Å²) in [6.45, 7) is 32.2. The van der Waals surface area contributed by atoms with E-state index in [1.165, 1.54) is 38.9 Å². The summed E-state index contributed by atoms with van der Waals surface area (Å²) in [5.74, 6) is 0. The van der Waals surface area contributed by atoms with E-state index < -0.39 is 8.56 Å². The first kappa shape index (κ1) is 32.0. The third-order valence-corrected chi connectivity index (χ3v) is 11.6. The molecule has 0 aliphatic carbocycles. The Morgan fingerprint density at radius 3 is 1.06 bits per heavy atom. The minimum absolute atomic E-state index is 0.264. The molecule has 0 amide bonds. The van der Waals surface area contributed by atoms with Crippen LogP contribution < -0.4 is 0 Å². The van der Waals surface area contributed by atoms with Gasteiger partial charge in [0.15, 0.2) is 0 Å². The fourth-order valence-corrected chi connectivity index (χ4v) is 8.69. The predicted molar refractivity (Wildman–Crippen MR) is 144 cm³/mol. The fraction of sp³-hybridized carbons (Fsp3) is 1.00. The molecule has 0 aliphatic rings. The molecule has 194 valence electrons. The number of rotatable bonds is 22. The maximum Gasteiger partial charge on any atom is 0.338 e. The van der Waals surface area contributed by atoms with Gasteiger partial charge in [-0.2, -0.15) is 0 Å². The number of nitrogens with zero attached hydrogens (tertiary/aromatic N) is 3. The number of hydrogen-bond acceptors (Lipinski definition) is 5. The van der Waals surface area contributed by atoms with Crippen molar-refractivity contribution in [2.45, 2.75) is 93.7 Å². The third kappa shape index (κ3) is 11.4. The van der Waals surface area contributed by atoms with Crippen molar-refractivity contribution in [3.8, 4) is 0 Å². The van der Waals surface area contributed by atoms with Crippen LogP contribution in [0.5, 0.6) is 0 Å². The van der Waals surface area contributed by atoms with Gasteiger partial charge >= 0.3 is 8.56 Å². The second kappa shape index (κ2) is 18.4. The summed E-state index contributed by atoms with van der Waals surface area (Å²) in [5.41, 5.74) is 0.264. The highest BCUT2D eigenvalue weighted by Gasteiger charge is 2.45. The van der Waals surface area contributed by atoms with Crippen LogP contribution in [0.3, 0.4) is 0 Å². The Labute approximate surface area is 203 Å². The molecule has 0 aromatic rings. The van der Waals surface area contributed by atoms with E-state index in [1.807, 2.05) is 0 Å². The lowest BCUT2D eigenvalue weighted by atomic mass is 9.79. The Morgan fingerprint density at radius 1 is 0.531 bits per heavy atom. The van der Waals surface area contributed by atoms with Crippen LogP contribution in [0.15, 0.2) is 0 Å². The third-order valence-electron chi connectivity index (χ3n) is 7.56. The van der Waals surface area contributed by atoms with Gasteiger partial charge in [-0.3, -0.25) is 0 Å². The fourth-order valence-electron chi connectivity index (χ4n) is 5.02. The van der Waals surface area contributed by atoms with Gasteiger partial charge in [0.25, 0.3) is 0 Å². The molecule has 0 unspecified atom stereocenters. The van der Waals surface area contributed by atoms with Crippen molar-refractivity contribution in [2.75, 3.05) is 72.1 Å². The van der Waals surface area contributed by atoms with Crippen LogP contribution in [-0.2, 0) is 8.85 Å². The molecule has 6 heteroatoms. The maximum absolute atomic E-state index is 6.53. The van der Waals surface area contributed by atoms with Gasteiger partial charge in [0, 0.05) is 13.2 Å². The van der Waals surface area contributed by atoms with Crippen LogP contribution in [0.25, 0.3) is 0 Å². The van der Waals surface area contributed by atoms with Gasteiger partial charge in [0.05, 0.1) is 0 Å². The van der Waals surface area contributed by atoms with Crippen LogP contribution >= 0.6 is 0 Å². The molecule has 32 heavy (non-hydrogen) atoms. The summed E-state index contributed by atoms with van der Waals surface area (Å²) in [7, 11) is -2.24. The van der Waals surface area contributed by atoms with Gasteiger partial charge in [-0.1, -0.05) is 48.5 Å². The van der Waals surface area contributed by atoms with E-state index in [0.717, 1.165) is 64.6 Å². The lowest BCUT2D eigenvalue weighted by molar-refractivity contribution is 0.115. The van der Waals surface area contributed by atoms with E-state index in [0.29, 0.717) is 0 Å². The van der Waals surface area contributed by atoms with Crippen molar-refractivity contribution in [3.05, 3.63) is 0 Å². The summed E-state index contributed by atoms with van der Waals surface area (Å²) in [6.07, 6.45) is 3.73. The van der Waals surface area contributed by atoms with Gasteiger partial charge < -0.3 is 23.6 Å². The Kier molecular flexibility index (Phi) is 18.4. The smallest absolute Gasteiger partial charge is 0.338 e. The van der Waals surface area contributed by atoms with Gasteiger partial charge in [-0.25, -0.2) is 0 Å². The Bertz CT molecular complexity index is 381. The first-order valence-electron chi connectivity index (χ1n) is 13.8. The molecular formula is C26H59N3O2Si. The monoisotopic (exact) mass is 473 g/mol. The van der Waals surface area contributed by atoms with Crippen molar-refractivity contribution >= 4 is 8.56 Å². The van der Waals surface area contributed by atoms with Crippen LogP contribution in [-0.4, -0.2) is 95.4 Å². The largest absolute Gasteiger partial charge is 0.394 e. The van der Waals surface area contributed by atoms with Crippen LogP contribution in [0.1, 0.15) is 81.6 Å². The molecule has 0 atom stereocenters. The second-order valence-corrected chi connectivity index (χ2v) is 12.6. The molecule has 0 heterocycles. The Balaban J connectivity index is 6.05. The number of hydrogen-bond donors (Lipinski definition) is 0. The van der Waals surface area contributed by atoms with E-state index in [2.05, 4.69) is 77.0 Å².